The van der Waals surface area contributed by atoms with E-state index in [9.17, 15) is 9.32 Å². The van der Waals surface area contributed by atoms with Crippen LogP contribution in [0.25, 0.3) is 0 Å². The van der Waals surface area contributed by atoms with Crippen molar-refractivity contribution < 1.29 is 9.32 Å². The van der Waals surface area contributed by atoms with Gasteiger partial charge >= 0.3 is 0 Å². The summed E-state index contributed by atoms with van der Waals surface area (Å²) in [6, 6.07) is 0. The number of aliphatic hydroxyl groups is 1. The lowest BCUT2D eigenvalue weighted by Crippen LogP contribution is -2.31. The predicted octanol–water partition coefficient (Wildman–Crippen LogP) is 0.114. The summed E-state index contributed by atoms with van der Waals surface area (Å²) in [5, 5.41) is 12.3. The van der Waals surface area contributed by atoms with Crippen LogP contribution in [0, 0.1) is 0 Å². The molecular formula is C8H19NO2S. The molecule has 0 heterocycles. The maximum Gasteiger partial charge on any atom is 0.0779 e. The smallest absolute Gasteiger partial charge is 0.0779 e. The summed E-state index contributed by atoms with van der Waals surface area (Å²) in [6.07, 6.45) is 0.420. The van der Waals surface area contributed by atoms with Gasteiger partial charge in [-0.25, -0.2) is 0 Å². The molecule has 0 amide bonds. The molecule has 3 atom stereocenters. The van der Waals surface area contributed by atoms with Crippen LogP contribution in [0.3, 0.4) is 0 Å². The molecule has 2 N–H and O–H groups in total. The van der Waals surface area contributed by atoms with Crippen molar-refractivity contribution in [1.29, 1.82) is 0 Å². The Morgan fingerprint density at radius 1 is 1.58 bits per heavy atom. The quantitative estimate of drug-likeness (QED) is 0.629. The number of hydrogen-bond donors (Lipinski definition) is 2. The molecule has 0 aliphatic heterocycles. The average molecular weight is 193 g/mol. The number of nitrogens with one attached hydrogen (secondary N) is 1. The fraction of sp³-hybridized carbons (Fsp3) is 1.00. The lowest BCUT2D eigenvalue weighted by Gasteiger charge is -2.12. The standard InChI is InChI=1S/C8H19NO2S/c1-4-7(2)12(11)6-8(10)5-9-3/h7-10H,4-6H2,1-3H3. The first-order valence-corrected chi connectivity index (χ1v) is 5.69. The second-order valence-corrected chi connectivity index (χ2v) is 4.88. The maximum atomic E-state index is 11.4. The van der Waals surface area contributed by atoms with Crippen LogP contribution in [0.4, 0.5) is 0 Å². The Morgan fingerprint density at radius 2 is 2.17 bits per heavy atom. The van der Waals surface area contributed by atoms with Crippen LogP contribution in [-0.2, 0) is 10.8 Å². The van der Waals surface area contributed by atoms with Crippen molar-refractivity contribution in [3.8, 4) is 0 Å². The zero-order chi connectivity index (χ0) is 9.56. The highest BCUT2D eigenvalue weighted by molar-refractivity contribution is 7.85. The van der Waals surface area contributed by atoms with Crippen molar-refractivity contribution in [1.82, 2.24) is 5.32 Å². The van der Waals surface area contributed by atoms with Gasteiger partial charge in [0.05, 0.1) is 11.9 Å². The van der Waals surface area contributed by atoms with E-state index in [-0.39, 0.29) is 5.25 Å². The largest absolute Gasteiger partial charge is 0.391 e. The maximum absolute atomic E-state index is 11.4. The highest BCUT2D eigenvalue weighted by Gasteiger charge is 2.13. The molecule has 0 aromatic carbocycles. The molecule has 0 rings (SSSR count). The van der Waals surface area contributed by atoms with Crippen LogP contribution in [0.5, 0.6) is 0 Å². The molecule has 3 unspecified atom stereocenters. The van der Waals surface area contributed by atoms with Crippen molar-refractivity contribution in [2.75, 3.05) is 19.3 Å². The SMILES string of the molecule is CCC(C)S(=O)CC(O)CNC. The summed E-state index contributed by atoms with van der Waals surface area (Å²) in [4.78, 5) is 0. The van der Waals surface area contributed by atoms with E-state index in [1.165, 1.54) is 0 Å². The zero-order valence-corrected chi connectivity index (χ0v) is 8.86. The average Bonchev–Trinajstić information content (AvgIpc) is 2.03. The van der Waals surface area contributed by atoms with Gasteiger partial charge in [0.2, 0.25) is 0 Å². The Hall–Kier alpha value is 0.0700. The Morgan fingerprint density at radius 3 is 2.58 bits per heavy atom. The van der Waals surface area contributed by atoms with Gasteiger partial charge in [0.15, 0.2) is 0 Å². The number of likely N-dealkylation sites (N-methyl/N-ethyl adjacent to an activating group) is 1. The van der Waals surface area contributed by atoms with Gasteiger partial charge in [0.25, 0.3) is 0 Å². The molecule has 0 spiro atoms. The van der Waals surface area contributed by atoms with Crippen molar-refractivity contribution in [2.24, 2.45) is 0 Å². The summed E-state index contributed by atoms with van der Waals surface area (Å²) < 4.78 is 11.4. The summed E-state index contributed by atoms with van der Waals surface area (Å²) in [5.74, 6) is 0.385. The van der Waals surface area contributed by atoms with Crippen molar-refractivity contribution in [2.45, 2.75) is 31.6 Å². The van der Waals surface area contributed by atoms with Crippen LogP contribution in [-0.4, -0.2) is 40.0 Å². The molecule has 0 aromatic heterocycles. The molecule has 3 nitrogen and oxygen atoms in total. The van der Waals surface area contributed by atoms with Gasteiger partial charge in [-0.3, -0.25) is 4.21 Å². The van der Waals surface area contributed by atoms with Crippen molar-refractivity contribution in [3.05, 3.63) is 0 Å². The third kappa shape index (κ3) is 4.85. The van der Waals surface area contributed by atoms with E-state index in [1.807, 2.05) is 13.8 Å². The van der Waals surface area contributed by atoms with Gasteiger partial charge in [-0.1, -0.05) is 13.8 Å². The molecule has 0 radical (unpaired) electrons. The number of aliphatic hydroxyl groups excluding tert-OH is 1. The van der Waals surface area contributed by atoms with E-state index in [4.69, 9.17) is 0 Å². The van der Waals surface area contributed by atoms with Crippen LogP contribution < -0.4 is 5.32 Å². The van der Waals surface area contributed by atoms with E-state index in [0.717, 1.165) is 6.42 Å². The minimum Gasteiger partial charge on any atom is -0.391 e. The highest BCUT2D eigenvalue weighted by Crippen LogP contribution is 2.02. The minimum atomic E-state index is -0.886. The fourth-order valence-electron chi connectivity index (χ4n) is 0.834. The van der Waals surface area contributed by atoms with Gasteiger partial charge in [-0.15, -0.1) is 0 Å². The molecule has 74 valence electrons. The predicted molar refractivity (Wildman–Crippen MR) is 52.7 cm³/mol. The first-order valence-electron chi connectivity index (χ1n) is 4.31. The van der Waals surface area contributed by atoms with E-state index in [1.54, 1.807) is 7.05 Å². The first kappa shape index (κ1) is 12.1. The Balaban J connectivity index is 3.67. The Bertz CT molecular complexity index is 141. The highest BCUT2D eigenvalue weighted by atomic mass is 32.2. The minimum absolute atomic E-state index is 0.191. The monoisotopic (exact) mass is 193 g/mol. The second kappa shape index (κ2) is 6.57. The number of rotatable bonds is 6. The van der Waals surface area contributed by atoms with E-state index >= 15 is 0 Å². The molecule has 0 aliphatic rings. The van der Waals surface area contributed by atoms with E-state index < -0.39 is 16.9 Å². The first-order chi connectivity index (χ1) is 5.61. The molecule has 0 saturated carbocycles. The van der Waals surface area contributed by atoms with Gasteiger partial charge in [0, 0.05) is 22.6 Å². The summed E-state index contributed by atoms with van der Waals surface area (Å²) in [5.41, 5.74) is 0. The third-order valence-corrected chi connectivity index (χ3v) is 3.76. The number of hydrogen-bond acceptors (Lipinski definition) is 3. The van der Waals surface area contributed by atoms with Gasteiger partial charge in [-0.05, 0) is 13.5 Å². The zero-order valence-electron chi connectivity index (χ0n) is 8.04. The van der Waals surface area contributed by atoms with Crippen LogP contribution >= 0.6 is 0 Å². The second-order valence-electron chi connectivity index (χ2n) is 2.98. The van der Waals surface area contributed by atoms with Crippen molar-refractivity contribution >= 4 is 10.8 Å². The Labute approximate surface area is 77.0 Å². The lowest BCUT2D eigenvalue weighted by molar-refractivity contribution is 0.198. The summed E-state index contributed by atoms with van der Waals surface area (Å²) in [7, 11) is 0.887. The molecule has 0 aliphatic carbocycles. The lowest BCUT2D eigenvalue weighted by atomic mass is 10.4. The van der Waals surface area contributed by atoms with Crippen LogP contribution in [0.1, 0.15) is 20.3 Å². The van der Waals surface area contributed by atoms with E-state index in [0.29, 0.717) is 12.3 Å². The van der Waals surface area contributed by atoms with Gasteiger partial charge in [-0.2, -0.15) is 0 Å². The third-order valence-electron chi connectivity index (χ3n) is 1.82. The normalized spacial score (nSPS) is 18.7. The molecular weight excluding hydrogens is 174 g/mol. The molecule has 0 bridgehead atoms. The van der Waals surface area contributed by atoms with Gasteiger partial charge in [0.1, 0.15) is 0 Å². The van der Waals surface area contributed by atoms with Crippen molar-refractivity contribution in [3.63, 3.8) is 0 Å². The fourth-order valence-corrected chi connectivity index (χ4v) is 2.03. The molecule has 0 aromatic rings. The molecule has 0 fully saturated rings. The summed E-state index contributed by atoms with van der Waals surface area (Å²) in [6.45, 7) is 4.47. The molecule has 4 heteroatoms. The van der Waals surface area contributed by atoms with Crippen LogP contribution in [0.15, 0.2) is 0 Å². The topological polar surface area (TPSA) is 49.3 Å². The Kier molecular flexibility index (Phi) is 6.61. The summed E-state index contributed by atoms with van der Waals surface area (Å²) >= 11 is 0. The van der Waals surface area contributed by atoms with E-state index in [2.05, 4.69) is 5.32 Å². The molecule has 0 saturated heterocycles. The van der Waals surface area contributed by atoms with Gasteiger partial charge < -0.3 is 10.4 Å². The van der Waals surface area contributed by atoms with Crippen LogP contribution in [0.2, 0.25) is 0 Å². The molecule has 12 heavy (non-hydrogen) atoms.